The number of carbonyl (C=O) groups is 1. The van der Waals surface area contributed by atoms with Crippen LogP contribution in [0.25, 0.3) is 5.57 Å². The zero-order chi connectivity index (χ0) is 19.8. The molecule has 1 aliphatic heterocycles. The van der Waals surface area contributed by atoms with Gasteiger partial charge < -0.3 is 9.84 Å². The average Bonchev–Trinajstić information content (AvgIpc) is 2.51. The number of hydrogen-bond donors (Lipinski definition) is 1. The molecule has 0 radical (unpaired) electrons. The minimum Gasteiger partial charge on any atom is -0.458 e. The van der Waals surface area contributed by atoms with Crippen LogP contribution in [0.15, 0.2) is 42.0 Å². The molecule has 1 N–H and O–H groups in total. The average molecular weight is 372 g/mol. The molecule has 1 aromatic rings. The predicted molar refractivity (Wildman–Crippen MR) is 104 cm³/mol. The summed E-state index contributed by atoms with van der Waals surface area (Å²) in [5.41, 5.74) is 3.48. The van der Waals surface area contributed by atoms with Crippen LogP contribution in [0.5, 0.6) is 0 Å². The molecule has 3 nitrogen and oxygen atoms in total. The molecular formula is C23H29FO3. The van der Waals surface area contributed by atoms with Crippen molar-refractivity contribution in [3.8, 4) is 0 Å². The summed E-state index contributed by atoms with van der Waals surface area (Å²) in [5.74, 6) is -0.603. The third-order valence-electron chi connectivity index (χ3n) is 5.49. The summed E-state index contributed by atoms with van der Waals surface area (Å²) in [6.45, 7) is 8.97. The van der Waals surface area contributed by atoms with Gasteiger partial charge in [-0.3, -0.25) is 4.79 Å². The molecule has 1 aliphatic carbocycles. The number of aliphatic hydroxyl groups is 1. The quantitative estimate of drug-likeness (QED) is 0.756. The van der Waals surface area contributed by atoms with Gasteiger partial charge in [0.15, 0.2) is 0 Å². The second-order valence-electron chi connectivity index (χ2n) is 9.28. The van der Waals surface area contributed by atoms with E-state index in [1.165, 1.54) is 23.3 Å². The SMILES string of the molecule is CC1(C)CC(c2ccc(F)cc2)=C(C=C[C@@H]2C[C@@H](O)CC(=O)O2)C(C)(C)C1. The van der Waals surface area contributed by atoms with E-state index in [1.807, 2.05) is 24.3 Å². The van der Waals surface area contributed by atoms with Crippen LogP contribution >= 0.6 is 0 Å². The van der Waals surface area contributed by atoms with Gasteiger partial charge in [0.25, 0.3) is 0 Å². The fourth-order valence-electron chi connectivity index (χ4n) is 4.70. The molecular weight excluding hydrogens is 343 g/mol. The minimum absolute atomic E-state index is 0.0630. The van der Waals surface area contributed by atoms with Crippen molar-refractivity contribution in [1.82, 2.24) is 0 Å². The third-order valence-corrected chi connectivity index (χ3v) is 5.49. The smallest absolute Gasteiger partial charge is 0.309 e. The Kier molecular flexibility index (Phi) is 5.31. The van der Waals surface area contributed by atoms with E-state index < -0.39 is 12.2 Å². The molecule has 0 aromatic heterocycles. The van der Waals surface area contributed by atoms with Gasteiger partial charge in [-0.05, 0) is 58.6 Å². The first-order valence-electron chi connectivity index (χ1n) is 9.61. The standard InChI is InChI=1S/C23H29FO3/c1-22(2)13-19(15-5-7-16(24)8-6-15)20(23(3,4)14-22)10-9-18-11-17(25)12-21(26)27-18/h5-10,17-18,25H,11-14H2,1-4H3/t17-,18-/m1/s1. The molecule has 2 atom stereocenters. The lowest BCUT2D eigenvalue weighted by molar-refractivity contribution is -0.156. The van der Waals surface area contributed by atoms with Crippen molar-refractivity contribution in [2.45, 2.75) is 65.6 Å². The number of rotatable bonds is 3. The Morgan fingerprint density at radius 3 is 2.48 bits per heavy atom. The van der Waals surface area contributed by atoms with Crippen molar-refractivity contribution < 1.29 is 19.0 Å². The van der Waals surface area contributed by atoms with Crippen molar-refractivity contribution in [2.24, 2.45) is 10.8 Å². The molecule has 2 aliphatic rings. The van der Waals surface area contributed by atoms with Gasteiger partial charge in [0.2, 0.25) is 0 Å². The highest BCUT2D eigenvalue weighted by molar-refractivity contribution is 5.74. The molecule has 1 heterocycles. The molecule has 0 amide bonds. The Morgan fingerprint density at radius 2 is 1.85 bits per heavy atom. The second kappa shape index (κ2) is 7.23. The summed E-state index contributed by atoms with van der Waals surface area (Å²) < 4.78 is 18.8. The van der Waals surface area contributed by atoms with Crippen LogP contribution in [-0.2, 0) is 9.53 Å². The maximum Gasteiger partial charge on any atom is 0.309 e. The molecule has 27 heavy (non-hydrogen) atoms. The highest BCUT2D eigenvalue weighted by Crippen LogP contribution is 2.52. The number of aliphatic hydroxyl groups excluding tert-OH is 1. The second-order valence-corrected chi connectivity index (χ2v) is 9.28. The van der Waals surface area contributed by atoms with E-state index in [0.717, 1.165) is 18.4 Å². The third kappa shape index (κ3) is 4.67. The molecule has 4 heteroatoms. The summed E-state index contributed by atoms with van der Waals surface area (Å²) in [5, 5.41) is 9.83. The number of esters is 1. The molecule has 0 spiro atoms. The highest BCUT2D eigenvalue weighted by atomic mass is 19.1. The minimum atomic E-state index is -0.648. The number of hydrogen-bond acceptors (Lipinski definition) is 3. The lowest BCUT2D eigenvalue weighted by Gasteiger charge is -2.43. The van der Waals surface area contributed by atoms with Gasteiger partial charge >= 0.3 is 5.97 Å². The first-order chi connectivity index (χ1) is 12.6. The van der Waals surface area contributed by atoms with Crippen LogP contribution in [0.3, 0.4) is 0 Å². The summed E-state index contributed by atoms with van der Waals surface area (Å²) >= 11 is 0. The molecule has 0 saturated carbocycles. The largest absolute Gasteiger partial charge is 0.458 e. The molecule has 3 rings (SSSR count). The lowest BCUT2D eigenvalue weighted by atomic mass is 9.61. The Bertz CT molecular complexity index is 771. The summed E-state index contributed by atoms with van der Waals surface area (Å²) in [4.78, 5) is 11.6. The van der Waals surface area contributed by atoms with Gasteiger partial charge in [-0.15, -0.1) is 0 Å². The highest BCUT2D eigenvalue weighted by Gasteiger charge is 2.38. The van der Waals surface area contributed by atoms with E-state index >= 15 is 0 Å². The normalized spacial score (nSPS) is 27.7. The molecule has 1 fully saturated rings. The molecule has 0 bridgehead atoms. The maximum atomic E-state index is 13.4. The summed E-state index contributed by atoms with van der Waals surface area (Å²) in [6, 6.07) is 6.66. The number of cyclic esters (lactones) is 1. The predicted octanol–water partition coefficient (Wildman–Crippen LogP) is 5.05. The van der Waals surface area contributed by atoms with E-state index in [1.54, 1.807) is 0 Å². The van der Waals surface area contributed by atoms with Crippen molar-refractivity contribution in [3.05, 3.63) is 53.4 Å². The molecule has 1 aromatic carbocycles. The van der Waals surface area contributed by atoms with E-state index in [9.17, 15) is 14.3 Å². The van der Waals surface area contributed by atoms with E-state index in [-0.39, 0.29) is 29.0 Å². The van der Waals surface area contributed by atoms with Crippen LogP contribution in [0.4, 0.5) is 4.39 Å². The van der Waals surface area contributed by atoms with Crippen molar-refractivity contribution in [3.63, 3.8) is 0 Å². The van der Waals surface area contributed by atoms with Gasteiger partial charge in [-0.1, -0.05) is 45.9 Å². The Balaban J connectivity index is 2.00. The number of carbonyl (C=O) groups excluding carboxylic acids is 1. The van der Waals surface area contributed by atoms with Crippen LogP contribution < -0.4 is 0 Å². The molecule has 0 unspecified atom stereocenters. The Morgan fingerprint density at radius 1 is 1.19 bits per heavy atom. The molecule has 146 valence electrons. The van der Waals surface area contributed by atoms with Crippen LogP contribution in [0.1, 0.15) is 58.9 Å². The Hall–Kier alpha value is -1.94. The summed E-state index contributed by atoms with van der Waals surface area (Å²) in [6.07, 6.45) is 5.29. The van der Waals surface area contributed by atoms with Gasteiger partial charge in [0.1, 0.15) is 11.9 Å². The number of allylic oxidation sites excluding steroid dienone is 3. The van der Waals surface area contributed by atoms with Crippen molar-refractivity contribution in [1.29, 1.82) is 0 Å². The first kappa shape index (κ1) is 19.8. The number of ether oxygens (including phenoxy) is 1. The monoisotopic (exact) mass is 372 g/mol. The Labute approximate surface area is 160 Å². The fourth-order valence-corrected chi connectivity index (χ4v) is 4.70. The zero-order valence-corrected chi connectivity index (χ0v) is 16.6. The van der Waals surface area contributed by atoms with Gasteiger partial charge in [-0.25, -0.2) is 4.39 Å². The van der Waals surface area contributed by atoms with Gasteiger partial charge in [0, 0.05) is 6.42 Å². The van der Waals surface area contributed by atoms with Crippen molar-refractivity contribution >= 4 is 11.5 Å². The van der Waals surface area contributed by atoms with E-state index in [4.69, 9.17) is 4.74 Å². The zero-order valence-electron chi connectivity index (χ0n) is 16.6. The van der Waals surface area contributed by atoms with Crippen LogP contribution in [-0.4, -0.2) is 23.3 Å². The summed E-state index contributed by atoms with van der Waals surface area (Å²) in [7, 11) is 0. The first-order valence-corrected chi connectivity index (χ1v) is 9.61. The van der Waals surface area contributed by atoms with Crippen LogP contribution in [0, 0.1) is 16.6 Å². The molecule has 1 saturated heterocycles. The fraction of sp³-hybridized carbons (Fsp3) is 0.522. The van der Waals surface area contributed by atoms with Crippen LogP contribution in [0.2, 0.25) is 0 Å². The van der Waals surface area contributed by atoms with Gasteiger partial charge in [0.05, 0.1) is 12.5 Å². The van der Waals surface area contributed by atoms with Crippen molar-refractivity contribution in [2.75, 3.05) is 0 Å². The van der Waals surface area contributed by atoms with E-state index in [2.05, 4.69) is 27.7 Å². The number of benzene rings is 1. The number of halogens is 1. The maximum absolute atomic E-state index is 13.4. The van der Waals surface area contributed by atoms with Gasteiger partial charge in [-0.2, -0.15) is 0 Å². The topological polar surface area (TPSA) is 46.5 Å². The van der Waals surface area contributed by atoms with E-state index in [0.29, 0.717) is 6.42 Å². The lowest BCUT2D eigenvalue weighted by Crippen LogP contribution is -2.32.